The zero-order chi connectivity index (χ0) is 11.4. The first kappa shape index (κ1) is 11.7. The van der Waals surface area contributed by atoms with Crippen LogP contribution in [0.2, 0.25) is 0 Å². The van der Waals surface area contributed by atoms with E-state index in [0.717, 1.165) is 17.7 Å². The van der Waals surface area contributed by atoms with E-state index in [1.807, 2.05) is 38.4 Å². The van der Waals surface area contributed by atoms with Crippen LogP contribution in [0.4, 0.5) is 0 Å². The molecule has 15 heavy (non-hydrogen) atoms. The molecule has 0 saturated heterocycles. The van der Waals surface area contributed by atoms with Crippen molar-refractivity contribution in [2.75, 3.05) is 28.2 Å². The van der Waals surface area contributed by atoms with Gasteiger partial charge in [0.15, 0.2) is 0 Å². The molecule has 0 aliphatic heterocycles. The summed E-state index contributed by atoms with van der Waals surface area (Å²) in [5.41, 5.74) is 1.91. The molecule has 0 unspecified atom stereocenters. The lowest BCUT2D eigenvalue weighted by Crippen LogP contribution is -2.22. The van der Waals surface area contributed by atoms with Crippen LogP contribution in [0.15, 0.2) is 24.3 Å². The largest absolute Gasteiger partial charge is 0.345 e. The standard InChI is InChI=1S/C12H18N2O/c1-13(2)9-10-6-5-7-11(8-10)12(15)14(3)4/h5-8H,9H2,1-4H3. The van der Waals surface area contributed by atoms with Gasteiger partial charge in [-0.2, -0.15) is 0 Å². The third-order valence-corrected chi connectivity index (χ3v) is 2.08. The molecule has 0 heterocycles. The normalized spacial score (nSPS) is 10.5. The van der Waals surface area contributed by atoms with E-state index in [0.29, 0.717) is 0 Å². The monoisotopic (exact) mass is 206 g/mol. The van der Waals surface area contributed by atoms with Crippen LogP contribution in [0, 0.1) is 0 Å². The molecule has 3 heteroatoms. The maximum absolute atomic E-state index is 11.7. The molecule has 1 amide bonds. The molecular formula is C12H18N2O. The van der Waals surface area contributed by atoms with Gasteiger partial charge in [0.25, 0.3) is 5.91 Å². The number of benzene rings is 1. The highest BCUT2D eigenvalue weighted by molar-refractivity contribution is 5.94. The maximum atomic E-state index is 11.7. The van der Waals surface area contributed by atoms with Crippen LogP contribution >= 0.6 is 0 Å². The van der Waals surface area contributed by atoms with Crippen molar-refractivity contribution in [3.05, 3.63) is 35.4 Å². The molecular weight excluding hydrogens is 188 g/mol. The minimum Gasteiger partial charge on any atom is -0.345 e. The lowest BCUT2D eigenvalue weighted by Gasteiger charge is -2.13. The summed E-state index contributed by atoms with van der Waals surface area (Å²) in [5.74, 6) is 0.0515. The van der Waals surface area contributed by atoms with Gasteiger partial charge in [0.05, 0.1) is 0 Å². The number of nitrogens with zero attached hydrogens (tertiary/aromatic N) is 2. The predicted octanol–water partition coefficient (Wildman–Crippen LogP) is 1.45. The molecule has 0 spiro atoms. The highest BCUT2D eigenvalue weighted by Gasteiger charge is 2.07. The van der Waals surface area contributed by atoms with Gasteiger partial charge in [-0.3, -0.25) is 4.79 Å². The summed E-state index contributed by atoms with van der Waals surface area (Å²) >= 11 is 0. The maximum Gasteiger partial charge on any atom is 0.253 e. The molecule has 3 nitrogen and oxygen atoms in total. The van der Waals surface area contributed by atoms with Crippen molar-refractivity contribution < 1.29 is 4.79 Å². The van der Waals surface area contributed by atoms with E-state index in [9.17, 15) is 4.79 Å². The second kappa shape index (κ2) is 4.94. The fraction of sp³-hybridized carbons (Fsp3) is 0.417. The second-order valence-corrected chi connectivity index (χ2v) is 4.14. The van der Waals surface area contributed by atoms with Gasteiger partial charge in [0.1, 0.15) is 0 Å². The zero-order valence-corrected chi connectivity index (χ0v) is 9.82. The number of carbonyl (C=O) groups is 1. The number of hydrogen-bond acceptors (Lipinski definition) is 2. The Kier molecular flexibility index (Phi) is 3.86. The Morgan fingerprint density at radius 3 is 2.40 bits per heavy atom. The molecule has 82 valence electrons. The highest BCUT2D eigenvalue weighted by Crippen LogP contribution is 2.08. The van der Waals surface area contributed by atoms with Crippen LogP contribution in [0.3, 0.4) is 0 Å². The Labute approximate surface area is 91.3 Å². The van der Waals surface area contributed by atoms with Gasteiger partial charge >= 0.3 is 0 Å². The van der Waals surface area contributed by atoms with Crippen LogP contribution in [-0.2, 0) is 6.54 Å². The summed E-state index contributed by atoms with van der Waals surface area (Å²) in [7, 11) is 7.56. The summed E-state index contributed by atoms with van der Waals surface area (Å²) in [6.07, 6.45) is 0. The molecule has 1 aromatic carbocycles. The first-order valence-corrected chi connectivity index (χ1v) is 4.96. The summed E-state index contributed by atoms with van der Waals surface area (Å²) in [6, 6.07) is 7.76. The molecule has 1 aromatic rings. The van der Waals surface area contributed by atoms with Gasteiger partial charge < -0.3 is 9.80 Å². The Bertz CT molecular complexity index is 345. The van der Waals surface area contributed by atoms with E-state index in [4.69, 9.17) is 0 Å². The van der Waals surface area contributed by atoms with Crippen molar-refractivity contribution in [2.45, 2.75) is 6.54 Å². The van der Waals surface area contributed by atoms with Crippen LogP contribution in [0.1, 0.15) is 15.9 Å². The lowest BCUT2D eigenvalue weighted by molar-refractivity contribution is 0.0827. The smallest absolute Gasteiger partial charge is 0.253 e. The van der Waals surface area contributed by atoms with Gasteiger partial charge in [0, 0.05) is 26.2 Å². The fourth-order valence-electron chi connectivity index (χ4n) is 1.43. The summed E-state index contributed by atoms with van der Waals surface area (Å²) in [6.45, 7) is 0.856. The second-order valence-electron chi connectivity index (χ2n) is 4.14. The summed E-state index contributed by atoms with van der Waals surface area (Å²) in [4.78, 5) is 15.4. The van der Waals surface area contributed by atoms with Crippen LogP contribution < -0.4 is 0 Å². The van der Waals surface area contributed by atoms with Crippen molar-refractivity contribution in [1.29, 1.82) is 0 Å². The minimum atomic E-state index is 0.0515. The van der Waals surface area contributed by atoms with E-state index >= 15 is 0 Å². The van der Waals surface area contributed by atoms with Crippen molar-refractivity contribution in [2.24, 2.45) is 0 Å². The van der Waals surface area contributed by atoms with Gasteiger partial charge in [-0.15, -0.1) is 0 Å². The van der Waals surface area contributed by atoms with Gasteiger partial charge in [-0.05, 0) is 31.8 Å². The van der Waals surface area contributed by atoms with E-state index in [1.54, 1.807) is 19.0 Å². The molecule has 0 N–H and O–H groups in total. The first-order valence-electron chi connectivity index (χ1n) is 4.96. The highest BCUT2D eigenvalue weighted by atomic mass is 16.2. The number of hydrogen-bond donors (Lipinski definition) is 0. The predicted molar refractivity (Wildman–Crippen MR) is 61.9 cm³/mol. The Balaban J connectivity index is 2.87. The Hall–Kier alpha value is -1.35. The SMILES string of the molecule is CN(C)Cc1cccc(C(=O)N(C)C)c1. The average molecular weight is 206 g/mol. The van der Waals surface area contributed by atoms with E-state index < -0.39 is 0 Å². The number of rotatable bonds is 3. The fourth-order valence-corrected chi connectivity index (χ4v) is 1.43. The van der Waals surface area contributed by atoms with Crippen LogP contribution in [0.5, 0.6) is 0 Å². The van der Waals surface area contributed by atoms with Crippen molar-refractivity contribution in [1.82, 2.24) is 9.80 Å². The number of amides is 1. The third kappa shape index (κ3) is 3.36. The molecule has 0 radical (unpaired) electrons. The third-order valence-electron chi connectivity index (χ3n) is 2.08. The zero-order valence-electron chi connectivity index (χ0n) is 9.82. The van der Waals surface area contributed by atoms with Gasteiger partial charge in [0.2, 0.25) is 0 Å². The van der Waals surface area contributed by atoms with Gasteiger partial charge in [-0.1, -0.05) is 12.1 Å². The van der Waals surface area contributed by atoms with E-state index in [2.05, 4.69) is 4.90 Å². The molecule has 0 atom stereocenters. The summed E-state index contributed by atoms with van der Waals surface area (Å²) < 4.78 is 0. The minimum absolute atomic E-state index is 0.0515. The number of carbonyl (C=O) groups excluding carboxylic acids is 1. The van der Waals surface area contributed by atoms with Crippen LogP contribution in [-0.4, -0.2) is 43.9 Å². The van der Waals surface area contributed by atoms with Crippen molar-refractivity contribution in [3.8, 4) is 0 Å². The molecule has 0 aliphatic rings. The topological polar surface area (TPSA) is 23.6 Å². The first-order chi connectivity index (χ1) is 7.00. The van der Waals surface area contributed by atoms with Crippen molar-refractivity contribution >= 4 is 5.91 Å². The molecule has 0 saturated carbocycles. The molecule has 0 fully saturated rings. The molecule has 1 rings (SSSR count). The lowest BCUT2D eigenvalue weighted by atomic mass is 10.1. The molecule has 0 aliphatic carbocycles. The Morgan fingerprint density at radius 2 is 1.87 bits per heavy atom. The van der Waals surface area contributed by atoms with Gasteiger partial charge in [-0.25, -0.2) is 0 Å². The van der Waals surface area contributed by atoms with E-state index in [1.165, 1.54) is 0 Å². The molecule has 0 bridgehead atoms. The Morgan fingerprint density at radius 1 is 1.20 bits per heavy atom. The van der Waals surface area contributed by atoms with Crippen LogP contribution in [0.25, 0.3) is 0 Å². The van der Waals surface area contributed by atoms with Crippen molar-refractivity contribution in [3.63, 3.8) is 0 Å². The van der Waals surface area contributed by atoms with E-state index in [-0.39, 0.29) is 5.91 Å². The summed E-state index contributed by atoms with van der Waals surface area (Å²) in [5, 5.41) is 0. The average Bonchev–Trinajstić information content (AvgIpc) is 2.16. The quantitative estimate of drug-likeness (QED) is 0.747. The molecule has 0 aromatic heterocycles.